The van der Waals surface area contributed by atoms with Crippen molar-refractivity contribution in [2.75, 3.05) is 0 Å². The van der Waals surface area contributed by atoms with Crippen LogP contribution in [0.3, 0.4) is 0 Å². The van der Waals surface area contributed by atoms with Crippen LogP contribution in [0.15, 0.2) is 65.8 Å². The van der Waals surface area contributed by atoms with E-state index in [1.807, 2.05) is 42.5 Å². The molecule has 0 fully saturated rings. The number of hydrogen-bond donors (Lipinski definition) is 3. The van der Waals surface area contributed by atoms with Gasteiger partial charge in [0.05, 0.1) is 6.21 Å². The van der Waals surface area contributed by atoms with Crippen molar-refractivity contribution in [2.24, 2.45) is 5.10 Å². The molecule has 6 nitrogen and oxygen atoms in total. The molecule has 1 aromatic heterocycles. The molecule has 0 aliphatic carbocycles. The standard InChI is InChI=1S/C19H14N4O2S/c24-14-9-8-13(17(25)10-14)11-20-23-18(21-22-19(23)26)16-7-3-5-12-4-1-2-6-15(12)16/h1-11,24-25H,(H,22,26)/b20-11+. The van der Waals surface area contributed by atoms with E-state index in [0.29, 0.717) is 16.2 Å². The Morgan fingerprint density at radius 3 is 2.69 bits per heavy atom. The number of aromatic hydroxyl groups is 2. The van der Waals surface area contributed by atoms with Gasteiger partial charge in [0.25, 0.3) is 0 Å². The van der Waals surface area contributed by atoms with Crippen molar-refractivity contribution >= 4 is 29.2 Å². The third kappa shape index (κ3) is 2.84. The number of phenols is 2. The second-order valence-corrected chi connectivity index (χ2v) is 6.07. The summed E-state index contributed by atoms with van der Waals surface area (Å²) >= 11 is 5.29. The summed E-state index contributed by atoms with van der Waals surface area (Å²) in [6.45, 7) is 0. The number of hydrogen-bond acceptors (Lipinski definition) is 5. The second kappa shape index (κ2) is 6.45. The van der Waals surface area contributed by atoms with Crippen LogP contribution in [-0.2, 0) is 0 Å². The van der Waals surface area contributed by atoms with Gasteiger partial charge in [0.1, 0.15) is 11.5 Å². The summed E-state index contributed by atoms with van der Waals surface area (Å²) in [4.78, 5) is 0. The first kappa shape index (κ1) is 16.0. The summed E-state index contributed by atoms with van der Waals surface area (Å²) in [5.41, 5.74) is 1.34. The average molecular weight is 362 g/mol. The van der Waals surface area contributed by atoms with E-state index in [1.165, 1.54) is 23.0 Å². The number of nitrogens with one attached hydrogen (secondary N) is 1. The first-order valence-corrected chi connectivity index (χ1v) is 8.26. The summed E-state index contributed by atoms with van der Waals surface area (Å²) in [5.74, 6) is 0.479. The minimum atomic E-state index is -0.0736. The van der Waals surface area contributed by atoms with E-state index in [9.17, 15) is 10.2 Å². The highest BCUT2D eigenvalue weighted by atomic mass is 32.1. The quantitative estimate of drug-likeness (QED) is 0.379. The van der Waals surface area contributed by atoms with Crippen molar-refractivity contribution < 1.29 is 10.2 Å². The SMILES string of the molecule is Oc1ccc(/C=N/n2c(-c3cccc4ccccc34)n[nH]c2=S)c(O)c1. The zero-order valence-electron chi connectivity index (χ0n) is 13.5. The van der Waals surface area contributed by atoms with Gasteiger partial charge in [0.2, 0.25) is 4.77 Å². The molecule has 0 bridgehead atoms. The van der Waals surface area contributed by atoms with Crippen molar-refractivity contribution in [2.45, 2.75) is 0 Å². The highest BCUT2D eigenvalue weighted by Gasteiger charge is 2.11. The van der Waals surface area contributed by atoms with E-state index in [-0.39, 0.29) is 11.5 Å². The molecule has 0 spiro atoms. The van der Waals surface area contributed by atoms with E-state index >= 15 is 0 Å². The van der Waals surface area contributed by atoms with Crippen LogP contribution >= 0.6 is 12.2 Å². The lowest BCUT2D eigenvalue weighted by Crippen LogP contribution is -1.96. The number of aromatic nitrogens is 3. The summed E-state index contributed by atoms with van der Waals surface area (Å²) < 4.78 is 1.84. The monoisotopic (exact) mass is 362 g/mol. The lowest BCUT2D eigenvalue weighted by molar-refractivity contribution is 0.450. The molecular weight excluding hydrogens is 348 g/mol. The van der Waals surface area contributed by atoms with Gasteiger partial charge in [-0.15, -0.1) is 0 Å². The number of benzene rings is 3. The molecule has 1 heterocycles. The van der Waals surface area contributed by atoms with E-state index in [0.717, 1.165) is 16.3 Å². The maximum Gasteiger partial charge on any atom is 0.216 e. The summed E-state index contributed by atoms with van der Waals surface area (Å²) in [7, 11) is 0. The van der Waals surface area contributed by atoms with Gasteiger partial charge in [0, 0.05) is 17.2 Å². The van der Waals surface area contributed by atoms with Crippen molar-refractivity contribution in [3.63, 3.8) is 0 Å². The topological polar surface area (TPSA) is 86.4 Å². The highest BCUT2D eigenvalue weighted by molar-refractivity contribution is 7.71. The van der Waals surface area contributed by atoms with Crippen molar-refractivity contribution in [3.8, 4) is 22.9 Å². The largest absolute Gasteiger partial charge is 0.508 e. The van der Waals surface area contributed by atoms with Crippen molar-refractivity contribution in [1.82, 2.24) is 14.9 Å². The van der Waals surface area contributed by atoms with Crippen LogP contribution in [0.2, 0.25) is 0 Å². The van der Waals surface area contributed by atoms with Gasteiger partial charge in [-0.3, -0.25) is 0 Å². The molecule has 3 aromatic carbocycles. The van der Waals surface area contributed by atoms with Crippen molar-refractivity contribution in [3.05, 3.63) is 71.0 Å². The zero-order chi connectivity index (χ0) is 18.1. The molecule has 0 aliphatic rings. The van der Waals surface area contributed by atoms with Gasteiger partial charge in [-0.25, -0.2) is 5.10 Å². The molecule has 0 atom stereocenters. The van der Waals surface area contributed by atoms with Crippen LogP contribution in [0.4, 0.5) is 0 Å². The molecule has 0 saturated carbocycles. The number of nitrogens with zero attached hydrogens (tertiary/aromatic N) is 3. The number of phenolic OH excluding ortho intramolecular Hbond substituents is 2. The third-order valence-corrected chi connectivity index (χ3v) is 4.27. The lowest BCUT2D eigenvalue weighted by Gasteiger charge is -2.06. The fourth-order valence-electron chi connectivity index (χ4n) is 2.75. The van der Waals surface area contributed by atoms with Gasteiger partial charge in [0.15, 0.2) is 5.82 Å². The number of aromatic amines is 1. The number of rotatable bonds is 3. The lowest BCUT2D eigenvalue weighted by atomic mass is 10.0. The molecule has 3 N–H and O–H groups in total. The maximum absolute atomic E-state index is 9.91. The fraction of sp³-hybridized carbons (Fsp3) is 0. The van der Waals surface area contributed by atoms with E-state index in [1.54, 1.807) is 6.07 Å². The molecule has 0 amide bonds. The van der Waals surface area contributed by atoms with E-state index in [2.05, 4.69) is 15.3 Å². The molecule has 4 rings (SSSR count). The molecule has 7 heteroatoms. The smallest absolute Gasteiger partial charge is 0.216 e. The Bertz CT molecular complexity index is 1190. The Labute approximate surface area is 153 Å². The first-order valence-electron chi connectivity index (χ1n) is 7.85. The van der Waals surface area contributed by atoms with Crippen LogP contribution in [0.25, 0.3) is 22.2 Å². The predicted molar refractivity (Wildman–Crippen MR) is 103 cm³/mol. The Kier molecular flexibility index (Phi) is 3.98. The molecule has 0 saturated heterocycles. The van der Waals surface area contributed by atoms with E-state index in [4.69, 9.17) is 12.2 Å². The molecule has 26 heavy (non-hydrogen) atoms. The zero-order valence-corrected chi connectivity index (χ0v) is 14.3. The Balaban J connectivity index is 1.83. The minimum absolute atomic E-state index is 0.0176. The molecule has 128 valence electrons. The van der Waals surface area contributed by atoms with Crippen LogP contribution < -0.4 is 0 Å². The van der Waals surface area contributed by atoms with Gasteiger partial charge in [-0.2, -0.15) is 14.9 Å². The van der Waals surface area contributed by atoms with Crippen LogP contribution in [-0.4, -0.2) is 31.3 Å². The summed E-state index contributed by atoms with van der Waals surface area (Å²) in [5, 5.41) is 32.9. The number of H-pyrrole nitrogens is 1. The average Bonchev–Trinajstić information content (AvgIpc) is 3.01. The van der Waals surface area contributed by atoms with Gasteiger partial charge in [-0.1, -0.05) is 42.5 Å². The van der Waals surface area contributed by atoms with Gasteiger partial charge in [-0.05, 0) is 35.1 Å². The summed E-state index contributed by atoms with van der Waals surface area (Å²) in [6.07, 6.45) is 1.47. The second-order valence-electron chi connectivity index (χ2n) is 5.68. The Hall–Kier alpha value is -3.45. The van der Waals surface area contributed by atoms with Crippen molar-refractivity contribution in [1.29, 1.82) is 0 Å². The Morgan fingerprint density at radius 2 is 1.85 bits per heavy atom. The first-order chi connectivity index (χ1) is 12.6. The molecule has 4 aromatic rings. The van der Waals surface area contributed by atoms with Gasteiger partial charge >= 0.3 is 0 Å². The maximum atomic E-state index is 9.91. The minimum Gasteiger partial charge on any atom is -0.508 e. The van der Waals surface area contributed by atoms with Crippen LogP contribution in [0.1, 0.15) is 5.56 Å². The molecule has 0 aliphatic heterocycles. The summed E-state index contributed by atoms with van der Waals surface area (Å²) in [6, 6.07) is 18.2. The van der Waals surface area contributed by atoms with Gasteiger partial charge < -0.3 is 10.2 Å². The third-order valence-electron chi connectivity index (χ3n) is 4.01. The molecule has 0 unspecified atom stereocenters. The predicted octanol–water partition coefficient (Wildman–Crippen LogP) is 4.05. The molecule has 0 radical (unpaired) electrons. The molecular formula is C19H14N4O2S. The Morgan fingerprint density at radius 1 is 1.04 bits per heavy atom. The number of fused-ring (bicyclic) bond motifs is 1. The highest BCUT2D eigenvalue weighted by Crippen LogP contribution is 2.27. The van der Waals surface area contributed by atoms with E-state index < -0.39 is 0 Å². The normalized spacial score (nSPS) is 11.4. The fourth-order valence-corrected chi connectivity index (χ4v) is 2.93. The van der Waals surface area contributed by atoms with Crippen LogP contribution in [0.5, 0.6) is 11.5 Å². The van der Waals surface area contributed by atoms with Crippen LogP contribution in [0, 0.1) is 4.77 Å².